The van der Waals surface area contributed by atoms with Gasteiger partial charge in [0.25, 0.3) is 17.7 Å². The molecule has 16 heteroatoms. The molecule has 0 aliphatic heterocycles. The number of rotatable bonds is 10. The fourth-order valence-electron chi connectivity index (χ4n) is 3.77. The van der Waals surface area contributed by atoms with Crippen LogP contribution in [0.4, 0.5) is 23.2 Å². The molecule has 2 rings (SSSR count). The Hall–Kier alpha value is -4.40. The lowest BCUT2D eigenvalue weighted by Crippen LogP contribution is -2.57. The maximum absolute atomic E-state index is 13.6. The molecule has 0 saturated heterocycles. The number of nitrogens with two attached hydrogens (primary N) is 1. The number of nitrogens with zero attached hydrogens (tertiary/aromatic N) is 1. The van der Waals surface area contributed by atoms with Crippen molar-refractivity contribution >= 4 is 46.9 Å². The molecule has 0 spiro atoms. The van der Waals surface area contributed by atoms with E-state index in [1.165, 1.54) is 25.1 Å². The standard InChI is InChI=1S/C28H32ClF4N5O6/c1-5-44-21(40)14-38(20(39)13-30)37-25(42)22(15-7-6-8-17(11-15)28(31,32)33)35-26(43)23(27(2,3)4)36-24(41)16-9-10-19(34)18(29)12-16/h6-12,22-23H,5,13-14,34H2,1-4H3,(H,35,43)(H,36,41)(H,37,42)/t22?,23-/m1/s1. The highest BCUT2D eigenvalue weighted by molar-refractivity contribution is 6.33. The smallest absolute Gasteiger partial charge is 0.416 e. The van der Waals surface area contributed by atoms with Crippen LogP contribution in [0.3, 0.4) is 0 Å². The minimum Gasteiger partial charge on any atom is -0.465 e. The number of carbonyl (C=O) groups excluding carboxylic acids is 5. The number of anilines is 1. The Morgan fingerprint density at radius 2 is 1.66 bits per heavy atom. The van der Waals surface area contributed by atoms with Gasteiger partial charge in [-0.15, -0.1) is 0 Å². The maximum Gasteiger partial charge on any atom is 0.416 e. The van der Waals surface area contributed by atoms with Gasteiger partial charge < -0.3 is 21.1 Å². The van der Waals surface area contributed by atoms with Gasteiger partial charge >= 0.3 is 12.1 Å². The second-order valence-electron chi connectivity index (χ2n) is 10.5. The summed E-state index contributed by atoms with van der Waals surface area (Å²) in [6, 6.07) is 4.11. The lowest BCUT2D eigenvalue weighted by Gasteiger charge is -2.32. The summed E-state index contributed by atoms with van der Waals surface area (Å²) < 4.78 is 58.5. The number of carbonyl (C=O) groups is 5. The Balaban J connectivity index is 2.49. The molecule has 0 bridgehead atoms. The van der Waals surface area contributed by atoms with Crippen LogP contribution in [0.5, 0.6) is 0 Å². The molecule has 1 unspecified atom stereocenters. The van der Waals surface area contributed by atoms with E-state index in [9.17, 15) is 41.5 Å². The zero-order chi connectivity index (χ0) is 33.4. The Bertz CT molecular complexity index is 1400. The molecule has 0 aliphatic carbocycles. The van der Waals surface area contributed by atoms with Crippen molar-refractivity contribution in [1.29, 1.82) is 0 Å². The zero-order valence-electron chi connectivity index (χ0n) is 24.2. The quantitative estimate of drug-likeness (QED) is 0.133. The minimum absolute atomic E-state index is 0.0396. The molecule has 2 aromatic carbocycles. The van der Waals surface area contributed by atoms with Crippen molar-refractivity contribution in [2.24, 2.45) is 5.41 Å². The third-order valence-corrected chi connectivity index (χ3v) is 6.34. The number of hydrogen-bond donors (Lipinski definition) is 4. The van der Waals surface area contributed by atoms with E-state index in [1.807, 2.05) is 5.43 Å². The molecule has 11 nitrogen and oxygen atoms in total. The molecular weight excluding hydrogens is 614 g/mol. The van der Waals surface area contributed by atoms with Crippen molar-refractivity contribution in [3.63, 3.8) is 0 Å². The van der Waals surface area contributed by atoms with Crippen molar-refractivity contribution in [2.45, 2.75) is 46.0 Å². The summed E-state index contributed by atoms with van der Waals surface area (Å²) in [7, 11) is 0. The van der Waals surface area contributed by atoms with Gasteiger partial charge in [-0.1, -0.05) is 44.5 Å². The minimum atomic E-state index is -4.83. The Morgan fingerprint density at radius 3 is 2.20 bits per heavy atom. The van der Waals surface area contributed by atoms with Gasteiger partial charge in [-0.3, -0.25) is 29.4 Å². The molecule has 0 radical (unpaired) electrons. The molecule has 5 N–H and O–H groups in total. The lowest BCUT2D eigenvalue weighted by atomic mass is 9.85. The fourth-order valence-corrected chi connectivity index (χ4v) is 3.95. The number of alkyl halides is 4. The van der Waals surface area contributed by atoms with E-state index < -0.39 is 72.1 Å². The summed E-state index contributed by atoms with van der Waals surface area (Å²) in [4.78, 5) is 64.1. The van der Waals surface area contributed by atoms with E-state index >= 15 is 0 Å². The SMILES string of the molecule is CCOC(=O)CN(NC(=O)C(NC(=O)[C@@H](NC(=O)c1ccc(N)c(Cl)c1)C(C)(C)C)c1cccc(C(F)(F)F)c1)C(=O)CF. The molecule has 0 heterocycles. The molecule has 0 saturated carbocycles. The number of esters is 1. The van der Waals surface area contributed by atoms with Crippen LogP contribution in [0.2, 0.25) is 5.02 Å². The van der Waals surface area contributed by atoms with E-state index in [0.717, 1.165) is 18.2 Å². The van der Waals surface area contributed by atoms with Crippen molar-refractivity contribution in [1.82, 2.24) is 21.1 Å². The first kappa shape index (κ1) is 35.8. The van der Waals surface area contributed by atoms with Gasteiger partial charge in [-0.05, 0) is 48.2 Å². The van der Waals surface area contributed by atoms with Crippen LogP contribution in [-0.4, -0.2) is 60.5 Å². The largest absolute Gasteiger partial charge is 0.465 e. The average molecular weight is 646 g/mol. The highest BCUT2D eigenvalue weighted by Crippen LogP contribution is 2.31. The predicted molar refractivity (Wildman–Crippen MR) is 151 cm³/mol. The summed E-state index contributed by atoms with van der Waals surface area (Å²) in [6.45, 7) is 3.51. The number of nitrogen functional groups attached to an aromatic ring is 1. The normalized spacial score (nSPS) is 12.8. The fraction of sp³-hybridized carbons (Fsp3) is 0.393. The van der Waals surface area contributed by atoms with Crippen LogP contribution in [0.25, 0.3) is 0 Å². The molecule has 0 fully saturated rings. The number of hydrazine groups is 1. The average Bonchev–Trinajstić information content (AvgIpc) is 2.94. The van der Waals surface area contributed by atoms with Gasteiger partial charge in [0, 0.05) is 5.56 Å². The lowest BCUT2D eigenvalue weighted by molar-refractivity contribution is -0.154. The van der Waals surface area contributed by atoms with Gasteiger partial charge in [0.1, 0.15) is 18.6 Å². The molecule has 0 aromatic heterocycles. The van der Waals surface area contributed by atoms with E-state index in [0.29, 0.717) is 6.07 Å². The summed E-state index contributed by atoms with van der Waals surface area (Å²) in [5.74, 6) is -5.45. The molecule has 2 aromatic rings. The Kier molecular flexibility index (Phi) is 12.1. The number of hydrogen-bond acceptors (Lipinski definition) is 7. The topological polar surface area (TPSA) is 160 Å². The second-order valence-corrected chi connectivity index (χ2v) is 10.9. The molecule has 44 heavy (non-hydrogen) atoms. The van der Waals surface area contributed by atoms with Crippen molar-refractivity contribution in [3.05, 3.63) is 64.2 Å². The van der Waals surface area contributed by atoms with E-state index in [1.54, 1.807) is 20.8 Å². The summed E-state index contributed by atoms with van der Waals surface area (Å²) in [6.07, 6.45) is -4.83. The molecule has 240 valence electrons. The van der Waals surface area contributed by atoms with Gasteiger partial charge in [0.15, 0.2) is 6.67 Å². The van der Waals surface area contributed by atoms with Crippen LogP contribution in [0, 0.1) is 5.41 Å². The number of amides is 4. The number of halogens is 5. The summed E-state index contributed by atoms with van der Waals surface area (Å²) in [5, 5.41) is 5.19. The van der Waals surface area contributed by atoms with Crippen LogP contribution in [0.1, 0.15) is 55.2 Å². The van der Waals surface area contributed by atoms with Crippen LogP contribution >= 0.6 is 11.6 Å². The zero-order valence-corrected chi connectivity index (χ0v) is 24.9. The number of nitrogens with one attached hydrogen (secondary N) is 3. The van der Waals surface area contributed by atoms with E-state index in [-0.39, 0.29) is 33.5 Å². The third kappa shape index (κ3) is 9.82. The number of benzene rings is 2. The second kappa shape index (κ2) is 14.9. The maximum atomic E-state index is 13.6. The van der Waals surface area contributed by atoms with Crippen LogP contribution in [0.15, 0.2) is 42.5 Å². The molecule has 2 atom stereocenters. The first-order chi connectivity index (χ1) is 20.4. The molecule has 4 amide bonds. The Labute approximate surface area is 255 Å². The van der Waals surface area contributed by atoms with Crippen molar-refractivity contribution in [2.75, 3.05) is 25.6 Å². The third-order valence-electron chi connectivity index (χ3n) is 6.02. The van der Waals surface area contributed by atoms with Gasteiger partial charge in [0.05, 0.1) is 22.9 Å². The van der Waals surface area contributed by atoms with E-state index in [2.05, 4.69) is 10.6 Å². The van der Waals surface area contributed by atoms with Crippen molar-refractivity contribution < 1.29 is 46.3 Å². The predicted octanol–water partition coefficient (Wildman–Crippen LogP) is 3.34. The van der Waals surface area contributed by atoms with Gasteiger partial charge in [-0.2, -0.15) is 13.2 Å². The summed E-state index contributed by atoms with van der Waals surface area (Å²) >= 11 is 6.00. The molecule has 0 aliphatic rings. The molecular formula is C28H32ClF4N5O6. The van der Waals surface area contributed by atoms with Crippen molar-refractivity contribution in [3.8, 4) is 0 Å². The van der Waals surface area contributed by atoms with Gasteiger partial charge in [-0.25, -0.2) is 9.40 Å². The highest BCUT2D eigenvalue weighted by Gasteiger charge is 2.37. The first-order valence-electron chi connectivity index (χ1n) is 13.0. The Morgan fingerprint density at radius 1 is 1.00 bits per heavy atom. The van der Waals surface area contributed by atoms with Crippen LogP contribution in [-0.2, 0) is 30.1 Å². The number of ether oxygens (including phenoxy) is 1. The summed E-state index contributed by atoms with van der Waals surface area (Å²) in [5.41, 5.74) is 5.33. The van der Waals surface area contributed by atoms with Crippen LogP contribution < -0.4 is 21.8 Å². The monoisotopic (exact) mass is 645 g/mol. The van der Waals surface area contributed by atoms with Gasteiger partial charge in [0.2, 0.25) is 5.91 Å². The highest BCUT2D eigenvalue weighted by atomic mass is 35.5. The van der Waals surface area contributed by atoms with E-state index in [4.69, 9.17) is 22.1 Å². The first-order valence-corrected chi connectivity index (χ1v) is 13.4.